The maximum atomic E-state index is 4.52. The molecule has 0 aromatic carbocycles. The van der Waals surface area contributed by atoms with Crippen LogP contribution in [0, 0.1) is 18.3 Å². The van der Waals surface area contributed by atoms with Crippen LogP contribution in [0.4, 0.5) is 0 Å². The molecule has 1 aromatic rings. The quantitative estimate of drug-likeness (QED) is 0.649. The van der Waals surface area contributed by atoms with Gasteiger partial charge in [-0.25, -0.2) is 9.97 Å². The number of rotatable bonds is 0. The van der Waals surface area contributed by atoms with Crippen LogP contribution in [0.25, 0.3) is 0 Å². The highest BCUT2D eigenvalue weighted by Gasteiger charge is 2.29. The van der Waals surface area contributed by atoms with E-state index in [2.05, 4.69) is 30.7 Å². The summed E-state index contributed by atoms with van der Waals surface area (Å²) in [4.78, 5) is 8.82. The smallest absolute Gasteiger partial charge is 0.125 e. The Labute approximate surface area is 92.1 Å². The topological polar surface area (TPSA) is 25.8 Å². The van der Waals surface area contributed by atoms with Gasteiger partial charge in [0.05, 0.1) is 0 Å². The number of hydrogen-bond acceptors (Lipinski definition) is 2. The minimum atomic E-state index is 0.405. The normalized spacial score (nSPS) is 21.2. The molecule has 1 atom stereocenters. The van der Waals surface area contributed by atoms with E-state index >= 15 is 0 Å². The zero-order valence-corrected chi connectivity index (χ0v) is 10.2. The second-order valence-electron chi connectivity index (χ2n) is 5.69. The molecule has 0 saturated heterocycles. The third kappa shape index (κ3) is 2.19. The van der Waals surface area contributed by atoms with Gasteiger partial charge in [0, 0.05) is 11.9 Å². The van der Waals surface area contributed by atoms with Gasteiger partial charge in [0.15, 0.2) is 0 Å². The van der Waals surface area contributed by atoms with Crippen LogP contribution in [-0.4, -0.2) is 9.97 Å². The minimum Gasteiger partial charge on any atom is -0.241 e. The Bertz CT molecular complexity index is 363. The van der Waals surface area contributed by atoms with E-state index in [1.54, 1.807) is 0 Å². The van der Waals surface area contributed by atoms with Crippen molar-refractivity contribution < 1.29 is 0 Å². The van der Waals surface area contributed by atoms with Crippen molar-refractivity contribution in [2.24, 2.45) is 11.3 Å². The van der Waals surface area contributed by atoms with Crippen molar-refractivity contribution in [2.45, 2.75) is 47.0 Å². The fourth-order valence-corrected chi connectivity index (χ4v) is 2.35. The third-order valence-corrected chi connectivity index (χ3v) is 3.50. The molecule has 0 bridgehead atoms. The zero-order valence-electron chi connectivity index (χ0n) is 10.2. The van der Waals surface area contributed by atoms with Gasteiger partial charge in [-0.05, 0) is 43.1 Å². The molecular weight excluding hydrogens is 184 g/mol. The highest BCUT2D eigenvalue weighted by Crippen LogP contribution is 2.36. The zero-order chi connectivity index (χ0) is 11.1. The molecular formula is C13H20N2. The number of aromatic nitrogens is 2. The molecule has 1 aliphatic carbocycles. The monoisotopic (exact) mass is 204 g/mol. The SMILES string of the molecule is Cc1ncc2c(n1)CC[C@@H](C(C)(C)C)C2. The van der Waals surface area contributed by atoms with E-state index in [1.165, 1.54) is 17.7 Å². The molecule has 82 valence electrons. The standard InChI is InChI=1S/C13H20N2/c1-9-14-8-10-7-11(13(2,3)4)5-6-12(10)15-9/h8,11H,5-7H2,1-4H3/t11-/m1/s1. The Morgan fingerprint density at radius 3 is 2.73 bits per heavy atom. The first-order valence-electron chi connectivity index (χ1n) is 5.78. The predicted molar refractivity (Wildman–Crippen MR) is 61.7 cm³/mol. The number of nitrogens with zero attached hydrogens (tertiary/aromatic N) is 2. The fourth-order valence-electron chi connectivity index (χ4n) is 2.35. The first-order valence-corrected chi connectivity index (χ1v) is 5.78. The van der Waals surface area contributed by atoms with Crippen molar-refractivity contribution >= 4 is 0 Å². The summed E-state index contributed by atoms with van der Waals surface area (Å²) in [5, 5.41) is 0. The Kier molecular flexibility index (Phi) is 2.53. The van der Waals surface area contributed by atoms with E-state index < -0.39 is 0 Å². The molecule has 1 aliphatic rings. The van der Waals surface area contributed by atoms with Crippen LogP contribution in [0.1, 0.15) is 44.3 Å². The average molecular weight is 204 g/mol. The van der Waals surface area contributed by atoms with Gasteiger partial charge in [-0.3, -0.25) is 0 Å². The van der Waals surface area contributed by atoms with Gasteiger partial charge in [-0.2, -0.15) is 0 Å². The Balaban J connectivity index is 2.24. The molecule has 0 aliphatic heterocycles. The summed E-state index contributed by atoms with van der Waals surface area (Å²) < 4.78 is 0. The maximum Gasteiger partial charge on any atom is 0.125 e. The van der Waals surface area contributed by atoms with Gasteiger partial charge >= 0.3 is 0 Å². The Morgan fingerprint density at radius 1 is 1.33 bits per heavy atom. The summed E-state index contributed by atoms with van der Waals surface area (Å²) in [6.07, 6.45) is 5.57. The largest absolute Gasteiger partial charge is 0.241 e. The number of aryl methyl sites for hydroxylation is 2. The van der Waals surface area contributed by atoms with Crippen molar-refractivity contribution in [3.63, 3.8) is 0 Å². The molecule has 0 saturated carbocycles. The summed E-state index contributed by atoms with van der Waals surface area (Å²) in [7, 11) is 0. The molecule has 0 spiro atoms. The van der Waals surface area contributed by atoms with E-state index in [1.807, 2.05) is 13.1 Å². The van der Waals surface area contributed by atoms with Gasteiger partial charge < -0.3 is 0 Å². The molecule has 0 radical (unpaired) electrons. The van der Waals surface area contributed by atoms with Crippen molar-refractivity contribution in [3.05, 3.63) is 23.3 Å². The summed E-state index contributed by atoms with van der Waals surface area (Å²) in [6, 6.07) is 0. The molecule has 2 rings (SSSR count). The van der Waals surface area contributed by atoms with Crippen LogP contribution in [-0.2, 0) is 12.8 Å². The molecule has 0 N–H and O–H groups in total. The number of fused-ring (bicyclic) bond motifs is 1. The Morgan fingerprint density at radius 2 is 2.07 bits per heavy atom. The first kappa shape index (κ1) is 10.6. The molecule has 2 nitrogen and oxygen atoms in total. The second-order valence-corrected chi connectivity index (χ2v) is 5.69. The van der Waals surface area contributed by atoms with Crippen LogP contribution in [0.15, 0.2) is 6.20 Å². The van der Waals surface area contributed by atoms with Crippen molar-refractivity contribution in [2.75, 3.05) is 0 Å². The van der Waals surface area contributed by atoms with Crippen LogP contribution >= 0.6 is 0 Å². The predicted octanol–water partition coefficient (Wildman–Crippen LogP) is 2.94. The molecule has 1 aromatic heterocycles. The summed E-state index contributed by atoms with van der Waals surface area (Å²) in [6.45, 7) is 8.96. The van der Waals surface area contributed by atoms with Crippen molar-refractivity contribution in [1.82, 2.24) is 9.97 Å². The van der Waals surface area contributed by atoms with E-state index in [0.717, 1.165) is 24.6 Å². The van der Waals surface area contributed by atoms with Gasteiger partial charge in [0.1, 0.15) is 5.82 Å². The highest BCUT2D eigenvalue weighted by molar-refractivity contribution is 5.21. The van der Waals surface area contributed by atoms with E-state index in [-0.39, 0.29) is 0 Å². The highest BCUT2D eigenvalue weighted by atomic mass is 14.9. The third-order valence-electron chi connectivity index (χ3n) is 3.50. The van der Waals surface area contributed by atoms with Crippen LogP contribution in [0.2, 0.25) is 0 Å². The second kappa shape index (κ2) is 3.58. The van der Waals surface area contributed by atoms with Gasteiger partial charge in [0.25, 0.3) is 0 Å². The van der Waals surface area contributed by atoms with E-state index in [9.17, 15) is 0 Å². The molecule has 0 amide bonds. The summed E-state index contributed by atoms with van der Waals surface area (Å²) in [5.41, 5.74) is 3.05. The van der Waals surface area contributed by atoms with Gasteiger partial charge in [-0.1, -0.05) is 20.8 Å². The summed E-state index contributed by atoms with van der Waals surface area (Å²) >= 11 is 0. The lowest BCUT2D eigenvalue weighted by molar-refractivity contribution is 0.214. The fraction of sp³-hybridized carbons (Fsp3) is 0.692. The molecule has 2 heteroatoms. The molecule has 0 unspecified atom stereocenters. The lowest BCUT2D eigenvalue weighted by Gasteiger charge is -2.34. The lowest BCUT2D eigenvalue weighted by atomic mass is 9.72. The van der Waals surface area contributed by atoms with Gasteiger partial charge in [0.2, 0.25) is 0 Å². The minimum absolute atomic E-state index is 0.405. The molecule has 15 heavy (non-hydrogen) atoms. The maximum absolute atomic E-state index is 4.52. The summed E-state index contributed by atoms with van der Waals surface area (Å²) in [5.74, 6) is 1.68. The first-order chi connectivity index (χ1) is 6.97. The van der Waals surface area contributed by atoms with Crippen LogP contribution in [0.5, 0.6) is 0 Å². The van der Waals surface area contributed by atoms with Crippen LogP contribution in [0.3, 0.4) is 0 Å². The van der Waals surface area contributed by atoms with Crippen LogP contribution < -0.4 is 0 Å². The van der Waals surface area contributed by atoms with Crippen molar-refractivity contribution in [1.29, 1.82) is 0 Å². The number of hydrogen-bond donors (Lipinski definition) is 0. The van der Waals surface area contributed by atoms with Gasteiger partial charge in [-0.15, -0.1) is 0 Å². The van der Waals surface area contributed by atoms with Crippen molar-refractivity contribution in [3.8, 4) is 0 Å². The average Bonchev–Trinajstić information content (AvgIpc) is 2.15. The van der Waals surface area contributed by atoms with E-state index in [4.69, 9.17) is 0 Å². The lowest BCUT2D eigenvalue weighted by Crippen LogP contribution is -2.27. The molecule has 0 fully saturated rings. The molecule has 1 heterocycles. The van der Waals surface area contributed by atoms with E-state index in [0.29, 0.717) is 5.41 Å². The Hall–Kier alpha value is -0.920.